The monoisotopic (exact) mass is 395 g/mol. The number of amides is 4. The van der Waals surface area contributed by atoms with Crippen LogP contribution in [-0.2, 0) is 19.1 Å². The summed E-state index contributed by atoms with van der Waals surface area (Å²) in [5.74, 6) is -4.42. The Morgan fingerprint density at radius 2 is 1.93 bits per heavy atom. The van der Waals surface area contributed by atoms with Crippen molar-refractivity contribution in [2.75, 3.05) is 11.9 Å². The standard InChI is InChI=1S/C18H19F2N3O5/c1-9(15(25)21-14-11(19)4-3-5-12(14)20)28-13(24)8-23-16(26)18(2,10-6-7-10)22-17(23)27/h3-5,9-10H,6-8H2,1-2H3,(H,21,25)(H,22,27)/t9-,18-/m1/s1. The minimum Gasteiger partial charge on any atom is -0.451 e. The number of hydrogen-bond donors (Lipinski definition) is 2. The first-order valence-electron chi connectivity index (χ1n) is 8.72. The van der Waals surface area contributed by atoms with Crippen molar-refractivity contribution in [3.8, 4) is 0 Å². The van der Waals surface area contributed by atoms with Gasteiger partial charge >= 0.3 is 12.0 Å². The molecule has 2 atom stereocenters. The van der Waals surface area contributed by atoms with Crippen molar-refractivity contribution < 1.29 is 32.7 Å². The van der Waals surface area contributed by atoms with Gasteiger partial charge in [-0.2, -0.15) is 0 Å². The molecule has 2 fully saturated rings. The van der Waals surface area contributed by atoms with E-state index in [-0.39, 0.29) is 5.92 Å². The van der Waals surface area contributed by atoms with Crippen LogP contribution in [0.2, 0.25) is 0 Å². The van der Waals surface area contributed by atoms with Gasteiger partial charge in [-0.15, -0.1) is 0 Å². The Balaban J connectivity index is 1.58. The molecule has 2 aliphatic rings. The number of esters is 1. The molecule has 8 nitrogen and oxygen atoms in total. The number of hydrogen-bond acceptors (Lipinski definition) is 5. The Hall–Kier alpha value is -3.04. The van der Waals surface area contributed by atoms with Gasteiger partial charge < -0.3 is 15.4 Å². The van der Waals surface area contributed by atoms with Gasteiger partial charge in [-0.25, -0.2) is 13.6 Å². The predicted octanol–water partition coefficient (Wildman–Crippen LogP) is 1.56. The first-order chi connectivity index (χ1) is 13.1. The van der Waals surface area contributed by atoms with Crippen molar-refractivity contribution in [3.63, 3.8) is 0 Å². The molecule has 150 valence electrons. The Labute approximate surface area is 159 Å². The van der Waals surface area contributed by atoms with Gasteiger partial charge in [-0.05, 0) is 44.7 Å². The molecule has 2 N–H and O–H groups in total. The molecule has 1 aromatic carbocycles. The Morgan fingerprint density at radius 3 is 2.50 bits per heavy atom. The third-order valence-corrected chi connectivity index (χ3v) is 4.87. The zero-order valence-corrected chi connectivity index (χ0v) is 15.3. The first-order valence-corrected chi connectivity index (χ1v) is 8.72. The molecule has 0 unspecified atom stereocenters. The second kappa shape index (κ2) is 7.17. The number of nitrogens with zero attached hydrogens (tertiary/aromatic N) is 1. The average molecular weight is 395 g/mol. The van der Waals surface area contributed by atoms with Crippen LogP contribution in [0.3, 0.4) is 0 Å². The van der Waals surface area contributed by atoms with Gasteiger partial charge in [-0.1, -0.05) is 6.07 Å². The largest absolute Gasteiger partial charge is 0.451 e. The highest BCUT2D eigenvalue weighted by Crippen LogP contribution is 2.42. The number of para-hydroxylation sites is 1. The lowest BCUT2D eigenvalue weighted by atomic mass is 9.96. The van der Waals surface area contributed by atoms with Crippen LogP contribution in [0.1, 0.15) is 26.7 Å². The van der Waals surface area contributed by atoms with Crippen LogP contribution in [-0.4, -0.2) is 46.9 Å². The number of urea groups is 1. The zero-order chi connectivity index (χ0) is 20.6. The Morgan fingerprint density at radius 1 is 1.32 bits per heavy atom. The number of carbonyl (C=O) groups is 4. The second-order valence-electron chi connectivity index (χ2n) is 7.02. The predicted molar refractivity (Wildman–Crippen MR) is 91.9 cm³/mol. The highest BCUT2D eigenvalue weighted by Gasteiger charge is 2.56. The van der Waals surface area contributed by atoms with E-state index in [1.807, 2.05) is 5.32 Å². The number of nitrogens with one attached hydrogen (secondary N) is 2. The molecule has 28 heavy (non-hydrogen) atoms. The summed E-state index contributed by atoms with van der Waals surface area (Å²) in [7, 11) is 0. The van der Waals surface area contributed by atoms with Crippen LogP contribution in [0, 0.1) is 17.6 Å². The number of halogens is 2. The Kier molecular flexibility index (Phi) is 5.05. The van der Waals surface area contributed by atoms with Gasteiger partial charge in [0.2, 0.25) is 0 Å². The molecule has 0 bridgehead atoms. The zero-order valence-electron chi connectivity index (χ0n) is 15.3. The van der Waals surface area contributed by atoms with Gasteiger partial charge in [-0.3, -0.25) is 19.3 Å². The maximum atomic E-state index is 13.6. The van der Waals surface area contributed by atoms with Crippen LogP contribution in [0.15, 0.2) is 18.2 Å². The lowest BCUT2D eigenvalue weighted by Gasteiger charge is -2.21. The third-order valence-electron chi connectivity index (χ3n) is 4.87. The molecule has 1 aliphatic heterocycles. The topological polar surface area (TPSA) is 105 Å². The maximum Gasteiger partial charge on any atom is 0.327 e. The van der Waals surface area contributed by atoms with Gasteiger partial charge in [0.15, 0.2) is 6.10 Å². The van der Waals surface area contributed by atoms with Crippen molar-refractivity contribution in [2.45, 2.75) is 38.3 Å². The summed E-state index contributed by atoms with van der Waals surface area (Å²) in [6.45, 7) is 2.14. The summed E-state index contributed by atoms with van der Waals surface area (Å²) in [6, 6.07) is 2.35. The summed E-state index contributed by atoms with van der Waals surface area (Å²) in [4.78, 5) is 49.3. The van der Waals surface area contributed by atoms with Crippen LogP contribution in [0.5, 0.6) is 0 Å². The van der Waals surface area contributed by atoms with E-state index in [0.29, 0.717) is 0 Å². The highest BCUT2D eigenvalue weighted by atomic mass is 19.1. The molecule has 0 spiro atoms. The summed E-state index contributed by atoms with van der Waals surface area (Å²) in [5.41, 5.74) is -1.70. The molecule has 0 radical (unpaired) electrons. The minimum atomic E-state index is -1.40. The summed E-state index contributed by atoms with van der Waals surface area (Å²) in [5, 5.41) is 4.59. The number of anilines is 1. The molecular formula is C18H19F2N3O5. The molecule has 1 saturated carbocycles. The molecule has 1 heterocycles. The summed E-state index contributed by atoms with van der Waals surface area (Å²) >= 11 is 0. The van der Waals surface area contributed by atoms with Crippen molar-refractivity contribution in [1.82, 2.24) is 10.2 Å². The van der Waals surface area contributed by atoms with Gasteiger partial charge in [0.25, 0.3) is 11.8 Å². The van der Waals surface area contributed by atoms with Crippen LogP contribution in [0.4, 0.5) is 19.3 Å². The van der Waals surface area contributed by atoms with Crippen molar-refractivity contribution in [1.29, 1.82) is 0 Å². The van der Waals surface area contributed by atoms with Crippen molar-refractivity contribution in [2.24, 2.45) is 5.92 Å². The van der Waals surface area contributed by atoms with E-state index < -0.39 is 59.3 Å². The van der Waals surface area contributed by atoms with Gasteiger partial charge in [0, 0.05) is 0 Å². The van der Waals surface area contributed by atoms with E-state index in [1.54, 1.807) is 6.92 Å². The number of rotatable bonds is 6. The maximum absolute atomic E-state index is 13.6. The molecule has 10 heteroatoms. The number of ether oxygens (including phenoxy) is 1. The fraction of sp³-hybridized carbons (Fsp3) is 0.444. The number of imide groups is 1. The quantitative estimate of drug-likeness (QED) is 0.562. The van der Waals surface area contributed by atoms with Crippen LogP contribution in [0.25, 0.3) is 0 Å². The fourth-order valence-electron chi connectivity index (χ4n) is 3.06. The summed E-state index contributed by atoms with van der Waals surface area (Å²) < 4.78 is 32.1. The number of carbonyl (C=O) groups excluding carboxylic acids is 4. The van der Waals surface area contributed by atoms with Crippen LogP contribution < -0.4 is 10.6 Å². The molecule has 0 aromatic heterocycles. The van der Waals surface area contributed by atoms with Gasteiger partial charge in [0.05, 0.1) is 0 Å². The average Bonchev–Trinajstić information content (AvgIpc) is 3.44. The molecule has 1 aliphatic carbocycles. The van der Waals surface area contributed by atoms with E-state index in [1.165, 1.54) is 6.92 Å². The van der Waals surface area contributed by atoms with E-state index in [0.717, 1.165) is 35.9 Å². The van der Waals surface area contributed by atoms with E-state index in [2.05, 4.69) is 5.32 Å². The van der Waals surface area contributed by atoms with Gasteiger partial charge in [0.1, 0.15) is 29.4 Å². The minimum absolute atomic E-state index is 0.0327. The third kappa shape index (κ3) is 3.67. The van der Waals surface area contributed by atoms with Crippen LogP contribution >= 0.6 is 0 Å². The highest BCUT2D eigenvalue weighted by molar-refractivity contribution is 6.09. The number of benzene rings is 1. The molecule has 1 saturated heterocycles. The molecule has 4 amide bonds. The van der Waals surface area contributed by atoms with E-state index >= 15 is 0 Å². The van der Waals surface area contributed by atoms with Crippen molar-refractivity contribution in [3.05, 3.63) is 29.8 Å². The lowest BCUT2D eigenvalue weighted by molar-refractivity contribution is -0.155. The molecule has 3 rings (SSSR count). The van der Waals surface area contributed by atoms with E-state index in [9.17, 15) is 28.0 Å². The first kappa shape index (κ1) is 19.7. The van der Waals surface area contributed by atoms with E-state index in [4.69, 9.17) is 4.74 Å². The van der Waals surface area contributed by atoms with Crippen molar-refractivity contribution >= 4 is 29.5 Å². The molecular weight excluding hydrogens is 376 g/mol. The SMILES string of the molecule is C[C@@H](OC(=O)CN1C(=O)N[C@](C)(C2CC2)C1=O)C(=O)Nc1c(F)cccc1F. The second-order valence-corrected chi connectivity index (χ2v) is 7.02. The summed E-state index contributed by atoms with van der Waals surface area (Å²) in [6.07, 6.45) is 0.219. The smallest absolute Gasteiger partial charge is 0.327 e. The molecule has 1 aromatic rings. The Bertz CT molecular complexity index is 837. The lowest BCUT2D eigenvalue weighted by Crippen LogP contribution is -2.46. The normalized spacial score (nSPS) is 22.6. The fourth-order valence-corrected chi connectivity index (χ4v) is 3.06.